The van der Waals surface area contributed by atoms with Crippen LogP contribution in [0, 0.1) is 0 Å². The fraction of sp³-hybridized carbons (Fsp3) is 0.588. The summed E-state index contributed by atoms with van der Waals surface area (Å²) in [6, 6.07) is 5.83. The molecule has 1 aliphatic heterocycles. The zero-order valence-electron chi connectivity index (χ0n) is 13.3. The first-order valence-electron chi connectivity index (χ1n) is 7.70. The topological polar surface area (TPSA) is 59.0 Å². The highest BCUT2D eigenvalue weighted by Crippen LogP contribution is 2.31. The number of piperidine rings is 1. The van der Waals surface area contributed by atoms with Crippen molar-refractivity contribution in [2.24, 2.45) is 0 Å². The maximum Gasteiger partial charge on any atom is 0.153 e. The number of carbonyl (C=O) groups is 1. The molecule has 0 spiro atoms. The highest BCUT2D eigenvalue weighted by molar-refractivity contribution is 5.79. The Balaban J connectivity index is 1.92. The van der Waals surface area contributed by atoms with Crippen LogP contribution in [0.4, 0.5) is 0 Å². The van der Waals surface area contributed by atoms with Crippen molar-refractivity contribution < 1.29 is 19.4 Å². The predicted molar refractivity (Wildman–Crippen MR) is 84.7 cm³/mol. The minimum atomic E-state index is -0.423. The van der Waals surface area contributed by atoms with E-state index < -0.39 is 6.10 Å². The Morgan fingerprint density at radius 2 is 2.09 bits per heavy atom. The Bertz CT molecular complexity index is 484. The van der Waals surface area contributed by atoms with Crippen LogP contribution in [0.15, 0.2) is 18.2 Å². The van der Waals surface area contributed by atoms with Crippen molar-refractivity contribution in [2.45, 2.75) is 24.9 Å². The van der Waals surface area contributed by atoms with Gasteiger partial charge in [0, 0.05) is 13.7 Å². The van der Waals surface area contributed by atoms with Crippen LogP contribution in [-0.4, -0.2) is 62.9 Å². The first kappa shape index (κ1) is 16.9. The molecule has 0 aromatic heterocycles. The molecule has 5 nitrogen and oxygen atoms in total. The molecular formula is C17H25NO4. The average Bonchev–Trinajstić information content (AvgIpc) is 2.55. The molecule has 1 atom stereocenters. The van der Waals surface area contributed by atoms with Gasteiger partial charge in [0.2, 0.25) is 0 Å². The van der Waals surface area contributed by atoms with Gasteiger partial charge in [0.25, 0.3) is 0 Å². The fourth-order valence-electron chi connectivity index (χ4n) is 3.07. The van der Waals surface area contributed by atoms with E-state index in [0.717, 1.165) is 32.2 Å². The smallest absolute Gasteiger partial charge is 0.153 e. The molecule has 1 saturated heterocycles. The Labute approximate surface area is 131 Å². The molecule has 0 saturated carbocycles. The van der Waals surface area contributed by atoms with Gasteiger partial charge in [-0.15, -0.1) is 0 Å². The van der Waals surface area contributed by atoms with Crippen molar-refractivity contribution in [1.29, 1.82) is 0 Å². The van der Waals surface area contributed by atoms with E-state index in [1.807, 2.05) is 18.2 Å². The second kappa shape index (κ2) is 8.27. The van der Waals surface area contributed by atoms with E-state index in [1.54, 1.807) is 14.2 Å². The lowest BCUT2D eigenvalue weighted by Gasteiger charge is -2.33. The van der Waals surface area contributed by atoms with Crippen LogP contribution in [0.3, 0.4) is 0 Å². The van der Waals surface area contributed by atoms with Gasteiger partial charge in [0.1, 0.15) is 5.75 Å². The van der Waals surface area contributed by atoms with Gasteiger partial charge < -0.3 is 19.5 Å². The molecule has 1 unspecified atom stereocenters. The number of ether oxygens (including phenoxy) is 2. The lowest BCUT2D eigenvalue weighted by Crippen LogP contribution is -2.39. The van der Waals surface area contributed by atoms with Gasteiger partial charge >= 0.3 is 0 Å². The monoisotopic (exact) mass is 307 g/mol. The largest absolute Gasteiger partial charge is 0.496 e. The molecule has 0 radical (unpaired) electrons. The van der Waals surface area contributed by atoms with E-state index in [9.17, 15) is 9.90 Å². The van der Waals surface area contributed by atoms with Crippen LogP contribution in [0.5, 0.6) is 5.75 Å². The SMILES string of the molecule is COCC(O)CN1CCC(c2ccc(C=O)c(OC)c2)CC1. The quantitative estimate of drug-likeness (QED) is 0.777. The Morgan fingerprint density at radius 1 is 1.36 bits per heavy atom. The molecule has 1 heterocycles. The number of benzene rings is 1. The number of aliphatic hydroxyl groups is 1. The number of aldehydes is 1. The summed E-state index contributed by atoms with van der Waals surface area (Å²) in [6.45, 7) is 2.96. The second-order valence-corrected chi connectivity index (χ2v) is 5.80. The molecule has 1 aromatic carbocycles. The fourth-order valence-corrected chi connectivity index (χ4v) is 3.07. The van der Waals surface area contributed by atoms with Crippen LogP contribution in [0.25, 0.3) is 0 Å². The summed E-state index contributed by atoms with van der Waals surface area (Å²) in [6.07, 6.45) is 2.49. The number of β-amino-alcohol motifs (C(OH)–C–C–N with tert-alkyl or cyclic N) is 1. The van der Waals surface area contributed by atoms with Gasteiger partial charge in [-0.25, -0.2) is 0 Å². The maximum absolute atomic E-state index is 11.0. The molecule has 122 valence electrons. The number of likely N-dealkylation sites (tertiary alicyclic amines) is 1. The van der Waals surface area contributed by atoms with Crippen molar-refractivity contribution in [1.82, 2.24) is 4.90 Å². The molecular weight excluding hydrogens is 282 g/mol. The van der Waals surface area contributed by atoms with E-state index in [2.05, 4.69) is 4.90 Å². The molecule has 1 aromatic rings. The van der Waals surface area contributed by atoms with Gasteiger partial charge in [-0.3, -0.25) is 4.79 Å². The minimum Gasteiger partial charge on any atom is -0.496 e. The molecule has 1 aliphatic rings. The Morgan fingerprint density at radius 3 is 2.68 bits per heavy atom. The number of nitrogens with zero attached hydrogens (tertiary/aromatic N) is 1. The Hall–Kier alpha value is -1.43. The second-order valence-electron chi connectivity index (χ2n) is 5.80. The molecule has 0 aliphatic carbocycles. The predicted octanol–water partition coefficient (Wildman–Crippen LogP) is 1.69. The van der Waals surface area contributed by atoms with E-state index in [-0.39, 0.29) is 0 Å². The number of rotatable bonds is 7. The summed E-state index contributed by atoms with van der Waals surface area (Å²) in [5, 5.41) is 9.79. The van der Waals surface area contributed by atoms with E-state index in [0.29, 0.717) is 30.4 Å². The number of hydrogen-bond acceptors (Lipinski definition) is 5. The standard InChI is InChI=1S/C17H25NO4/c1-21-12-16(20)10-18-7-5-13(6-8-18)14-3-4-15(11-19)17(9-14)22-2/h3-4,9,11,13,16,20H,5-8,10,12H2,1-2H3. The summed E-state index contributed by atoms with van der Waals surface area (Å²) in [5.41, 5.74) is 1.81. The summed E-state index contributed by atoms with van der Waals surface area (Å²) in [7, 11) is 3.19. The molecule has 1 fully saturated rings. The van der Waals surface area contributed by atoms with E-state index in [1.165, 1.54) is 5.56 Å². The van der Waals surface area contributed by atoms with Crippen molar-refractivity contribution >= 4 is 6.29 Å². The van der Waals surface area contributed by atoms with Gasteiger partial charge in [-0.2, -0.15) is 0 Å². The molecule has 0 amide bonds. The maximum atomic E-state index is 11.0. The van der Waals surface area contributed by atoms with Crippen molar-refractivity contribution in [3.63, 3.8) is 0 Å². The van der Waals surface area contributed by atoms with Crippen LogP contribution in [0.2, 0.25) is 0 Å². The first-order valence-corrected chi connectivity index (χ1v) is 7.70. The van der Waals surface area contributed by atoms with Gasteiger partial charge in [-0.1, -0.05) is 6.07 Å². The van der Waals surface area contributed by atoms with Crippen LogP contribution >= 0.6 is 0 Å². The zero-order valence-corrected chi connectivity index (χ0v) is 13.3. The van der Waals surface area contributed by atoms with Gasteiger partial charge in [0.05, 0.1) is 25.4 Å². The van der Waals surface area contributed by atoms with Gasteiger partial charge in [0.15, 0.2) is 6.29 Å². The third-order valence-corrected chi connectivity index (χ3v) is 4.27. The lowest BCUT2D eigenvalue weighted by molar-refractivity contribution is 0.0320. The number of carbonyl (C=O) groups excluding carboxylic acids is 1. The van der Waals surface area contributed by atoms with E-state index in [4.69, 9.17) is 9.47 Å². The van der Waals surface area contributed by atoms with E-state index >= 15 is 0 Å². The third-order valence-electron chi connectivity index (χ3n) is 4.27. The number of hydrogen-bond donors (Lipinski definition) is 1. The summed E-state index contributed by atoms with van der Waals surface area (Å²) in [4.78, 5) is 13.2. The molecule has 22 heavy (non-hydrogen) atoms. The van der Waals surface area contributed by atoms with Gasteiger partial charge in [-0.05, 0) is 49.5 Å². The zero-order chi connectivity index (χ0) is 15.9. The molecule has 2 rings (SSSR count). The first-order chi connectivity index (χ1) is 10.7. The van der Waals surface area contributed by atoms with Crippen LogP contribution < -0.4 is 4.74 Å². The normalized spacial score (nSPS) is 18.1. The Kier molecular flexibility index (Phi) is 6.36. The minimum absolute atomic E-state index is 0.379. The molecule has 1 N–H and O–H groups in total. The highest BCUT2D eigenvalue weighted by Gasteiger charge is 2.22. The third kappa shape index (κ3) is 4.29. The average molecular weight is 307 g/mol. The molecule has 0 bridgehead atoms. The molecule has 5 heteroatoms. The number of methoxy groups -OCH3 is 2. The summed E-state index contributed by atoms with van der Waals surface area (Å²) in [5.74, 6) is 1.12. The van der Waals surface area contributed by atoms with Crippen LogP contribution in [-0.2, 0) is 4.74 Å². The summed E-state index contributed by atoms with van der Waals surface area (Å²) < 4.78 is 10.2. The highest BCUT2D eigenvalue weighted by atomic mass is 16.5. The lowest BCUT2D eigenvalue weighted by atomic mass is 9.88. The summed E-state index contributed by atoms with van der Waals surface area (Å²) >= 11 is 0. The van der Waals surface area contributed by atoms with Crippen molar-refractivity contribution in [2.75, 3.05) is 40.5 Å². The number of aliphatic hydroxyl groups excluding tert-OH is 1. The van der Waals surface area contributed by atoms with Crippen molar-refractivity contribution in [3.05, 3.63) is 29.3 Å². The van der Waals surface area contributed by atoms with Crippen molar-refractivity contribution in [3.8, 4) is 5.75 Å². The van der Waals surface area contributed by atoms with Crippen LogP contribution in [0.1, 0.15) is 34.7 Å².